The normalized spacial score (nSPS) is 20.9. The second-order valence-electron chi connectivity index (χ2n) is 5.63. The molecule has 0 bridgehead atoms. The zero-order valence-corrected chi connectivity index (χ0v) is 12.1. The minimum atomic E-state index is -0.828. The molecule has 0 radical (unpaired) electrons. The summed E-state index contributed by atoms with van der Waals surface area (Å²) < 4.78 is 1.89. The van der Waals surface area contributed by atoms with Crippen LogP contribution in [0, 0.1) is 18.8 Å². The summed E-state index contributed by atoms with van der Waals surface area (Å²) in [5.74, 6) is 1.95. The first-order valence-electron chi connectivity index (χ1n) is 7.13. The van der Waals surface area contributed by atoms with Gasteiger partial charge in [0.2, 0.25) is 0 Å². The fraction of sp³-hybridized carbons (Fsp3) is 0.714. The Morgan fingerprint density at radius 2 is 2.20 bits per heavy atom. The summed E-state index contributed by atoms with van der Waals surface area (Å²) in [6.45, 7) is 1.95. The van der Waals surface area contributed by atoms with Crippen LogP contribution in [0.2, 0.25) is 0 Å². The van der Waals surface area contributed by atoms with Crippen LogP contribution in [0.1, 0.15) is 43.8 Å². The highest BCUT2D eigenvalue weighted by Gasteiger charge is 2.41. The van der Waals surface area contributed by atoms with Crippen LogP contribution in [0.4, 0.5) is 0 Å². The molecule has 0 saturated heterocycles. The standard InChI is InChI=1S/C14H21N3O3/c1-9-15-13(16-17(9)2)7-6-10-8-11(10)12(18)4-3-5-14(19)20/h10-11H,3-8H2,1-2H3,(H,19,20)/p+1. The Kier molecular flexibility index (Phi) is 4.52. The van der Waals surface area contributed by atoms with Crippen molar-refractivity contribution in [2.75, 3.05) is 0 Å². The van der Waals surface area contributed by atoms with Crippen molar-refractivity contribution in [3.8, 4) is 0 Å². The number of aryl methyl sites for hydroxylation is 3. The van der Waals surface area contributed by atoms with E-state index in [4.69, 9.17) is 5.11 Å². The van der Waals surface area contributed by atoms with E-state index in [1.54, 1.807) is 0 Å². The van der Waals surface area contributed by atoms with Crippen LogP contribution >= 0.6 is 0 Å². The van der Waals surface area contributed by atoms with E-state index >= 15 is 0 Å². The maximum atomic E-state index is 11.8. The van der Waals surface area contributed by atoms with E-state index < -0.39 is 5.97 Å². The average molecular weight is 280 g/mol. The molecule has 2 atom stereocenters. The highest BCUT2D eigenvalue weighted by Crippen LogP contribution is 2.43. The lowest BCUT2D eigenvalue weighted by Gasteiger charge is -1.98. The number of hydrogen-bond donors (Lipinski definition) is 2. The molecule has 6 heteroatoms. The number of ketones is 1. The Bertz CT molecular complexity index is 490. The van der Waals surface area contributed by atoms with Crippen molar-refractivity contribution in [3.05, 3.63) is 11.6 Å². The smallest absolute Gasteiger partial charge is 0.315 e. The second kappa shape index (κ2) is 6.15. The van der Waals surface area contributed by atoms with E-state index in [2.05, 4.69) is 10.1 Å². The molecule has 20 heavy (non-hydrogen) atoms. The lowest BCUT2D eigenvalue weighted by atomic mass is 10.1. The number of carboxylic acids is 1. The highest BCUT2D eigenvalue weighted by atomic mass is 16.4. The van der Waals surface area contributed by atoms with Gasteiger partial charge < -0.3 is 5.11 Å². The minimum Gasteiger partial charge on any atom is -0.481 e. The summed E-state index contributed by atoms with van der Waals surface area (Å²) in [4.78, 5) is 26.6. The van der Waals surface area contributed by atoms with Gasteiger partial charge in [0.15, 0.2) is 0 Å². The Balaban J connectivity index is 1.67. The maximum Gasteiger partial charge on any atom is 0.315 e. The average Bonchev–Trinajstić information content (AvgIpc) is 3.08. The summed E-state index contributed by atoms with van der Waals surface area (Å²) >= 11 is 0. The zero-order valence-electron chi connectivity index (χ0n) is 12.1. The van der Waals surface area contributed by atoms with Crippen LogP contribution in [0.5, 0.6) is 0 Å². The molecule has 0 spiro atoms. The van der Waals surface area contributed by atoms with Crippen LogP contribution in [0.3, 0.4) is 0 Å². The number of hydrogen-bond acceptors (Lipinski definition) is 3. The zero-order chi connectivity index (χ0) is 14.7. The molecular formula is C14H22N3O3+. The lowest BCUT2D eigenvalue weighted by Crippen LogP contribution is -2.32. The molecule has 1 saturated carbocycles. The number of H-pyrrole nitrogens is 1. The van der Waals surface area contributed by atoms with E-state index in [0.29, 0.717) is 18.8 Å². The van der Waals surface area contributed by atoms with Gasteiger partial charge in [-0.3, -0.25) is 9.59 Å². The van der Waals surface area contributed by atoms with Gasteiger partial charge in [-0.1, -0.05) is 0 Å². The summed E-state index contributed by atoms with van der Waals surface area (Å²) in [6.07, 6.45) is 3.75. The lowest BCUT2D eigenvalue weighted by molar-refractivity contribution is -0.734. The fourth-order valence-corrected chi connectivity index (χ4v) is 2.56. The number of aromatic nitrogens is 3. The number of carbonyl (C=O) groups is 2. The molecule has 1 fully saturated rings. The molecule has 6 nitrogen and oxygen atoms in total. The van der Waals surface area contributed by atoms with Crippen LogP contribution < -0.4 is 4.68 Å². The Morgan fingerprint density at radius 3 is 2.80 bits per heavy atom. The Hall–Kier alpha value is -1.72. The van der Waals surface area contributed by atoms with Crippen molar-refractivity contribution in [1.82, 2.24) is 10.1 Å². The van der Waals surface area contributed by atoms with Gasteiger partial charge in [0.25, 0.3) is 5.82 Å². The first-order chi connectivity index (χ1) is 9.47. The molecule has 2 rings (SSSR count). The molecule has 1 heterocycles. The number of rotatable bonds is 8. The molecular weight excluding hydrogens is 258 g/mol. The van der Waals surface area contributed by atoms with E-state index in [1.165, 1.54) is 0 Å². The first kappa shape index (κ1) is 14.7. The van der Waals surface area contributed by atoms with Gasteiger partial charge in [0, 0.05) is 32.1 Å². The van der Waals surface area contributed by atoms with Crippen molar-refractivity contribution in [3.63, 3.8) is 0 Å². The van der Waals surface area contributed by atoms with E-state index in [1.807, 2.05) is 18.7 Å². The number of nitrogens with one attached hydrogen (secondary N) is 1. The van der Waals surface area contributed by atoms with Gasteiger partial charge in [-0.25, -0.2) is 0 Å². The predicted molar refractivity (Wildman–Crippen MR) is 70.9 cm³/mol. The molecule has 1 aromatic rings. The summed E-state index contributed by atoms with van der Waals surface area (Å²) in [5, 5.41) is 11.7. The van der Waals surface area contributed by atoms with Crippen LogP contribution in [0.25, 0.3) is 0 Å². The number of carbonyl (C=O) groups excluding carboxylic acids is 1. The molecule has 0 amide bonds. The molecule has 0 aromatic carbocycles. The summed E-state index contributed by atoms with van der Waals surface area (Å²) in [7, 11) is 1.93. The number of aromatic amines is 1. The minimum absolute atomic E-state index is 0.0886. The number of carboxylic acid groups (broad SMARTS) is 1. The van der Waals surface area contributed by atoms with Crippen molar-refractivity contribution in [1.29, 1.82) is 0 Å². The monoisotopic (exact) mass is 280 g/mol. The van der Waals surface area contributed by atoms with E-state index in [-0.39, 0.29) is 18.1 Å². The van der Waals surface area contributed by atoms with Gasteiger partial charge in [-0.05, 0) is 30.2 Å². The topological polar surface area (TPSA) is 86.9 Å². The third-order valence-corrected chi connectivity index (χ3v) is 3.98. The third-order valence-electron chi connectivity index (χ3n) is 3.98. The van der Waals surface area contributed by atoms with E-state index in [9.17, 15) is 9.59 Å². The Labute approximate surface area is 118 Å². The van der Waals surface area contributed by atoms with Gasteiger partial charge in [0.05, 0.1) is 0 Å². The van der Waals surface area contributed by atoms with Crippen LogP contribution in [-0.2, 0) is 23.1 Å². The number of nitrogens with zero attached hydrogens (tertiary/aromatic N) is 2. The molecule has 1 aromatic heterocycles. The van der Waals surface area contributed by atoms with Crippen LogP contribution in [-0.4, -0.2) is 26.9 Å². The van der Waals surface area contributed by atoms with Crippen LogP contribution in [0.15, 0.2) is 0 Å². The number of Topliss-reactive ketones (excluding diaryl/α,β-unsaturated/α-hetero) is 1. The van der Waals surface area contributed by atoms with Crippen molar-refractivity contribution in [2.45, 2.75) is 45.4 Å². The summed E-state index contributed by atoms with van der Waals surface area (Å²) in [6, 6.07) is 0. The van der Waals surface area contributed by atoms with Crippen molar-refractivity contribution in [2.24, 2.45) is 18.9 Å². The van der Waals surface area contributed by atoms with Gasteiger partial charge in [0.1, 0.15) is 12.8 Å². The first-order valence-corrected chi connectivity index (χ1v) is 7.13. The fourth-order valence-electron chi connectivity index (χ4n) is 2.56. The number of aliphatic carboxylic acids is 1. The molecule has 0 aliphatic heterocycles. The Morgan fingerprint density at radius 1 is 1.45 bits per heavy atom. The predicted octanol–water partition coefficient (Wildman–Crippen LogP) is 0.935. The van der Waals surface area contributed by atoms with E-state index in [0.717, 1.165) is 30.9 Å². The molecule has 2 N–H and O–H groups in total. The van der Waals surface area contributed by atoms with Crippen molar-refractivity contribution < 1.29 is 19.4 Å². The van der Waals surface area contributed by atoms with Gasteiger partial charge in [-0.15, -0.1) is 0 Å². The quantitative estimate of drug-likeness (QED) is 0.694. The SMILES string of the molecule is Cc1nc(CCC2CC2C(=O)CCCC(=O)O)[nH][n+]1C. The highest BCUT2D eigenvalue weighted by molar-refractivity contribution is 5.84. The second-order valence-corrected chi connectivity index (χ2v) is 5.63. The molecule has 1 aliphatic carbocycles. The molecule has 1 aliphatic rings. The molecule has 2 unspecified atom stereocenters. The third kappa shape index (κ3) is 3.88. The molecule has 110 valence electrons. The van der Waals surface area contributed by atoms with Crippen molar-refractivity contribution >= 4 is 11.8 Å². The summed E-state index contributed by atoms with van der Waals surface area (Å²) in [5.41, 5.74) is 0. The van der Waals surface area contributed by atoms with Gasteiger partial charge in [-0.2, -0.15) is 9.78 Å². The largest absolute Gasteiger partial charge is 0.481 e. The maximum absolute atomic E-state index is 11.8. The van der Waals surface area contributed by atoms with Gasteiger partial charge >= 0.3 is 11.8 Å².